The first-order chi connectivity index (χ1) is 9.65. The molecule has 1 aliphatic heterocycles. The van der Waals surface area contributed by atoms with Crippen LogP contribution in [-0.4, -0.2) is 22.6 Å². The van der Waals surface area contributed by atoms with Crippen molar-refractivity contribution in [2.24, 2.45) is 0 Å². The maximum absolute atomic E-state index is 12.1. The van der Waals surface area contributed by atoms with Crippen molar-refractivity contribution in [2.75, 3.05) is 11.4 Å². The Morgan fingerprint density at radius 1 is 1.30 bits per heavy atom. The number of benzene rings is 1. The number of amides is 1. The fourth-order valence-corrected chi connectivity index (χ4v) is 2.38. The minimum Gasteiger partial charge on any atom is -0.339 e. The standard InChI is InChI=1S/C15H17N3O2/c1-10(2)14-16-15(20-17-14)11-8-13(19)18(9-11)12-6-4-3-5-7-12/h3-7,10-11H,8-9H2,1-2H3/t11-/m1/s1. The van der Waals surface area contributed by atoms with Crippen molar-refractivity contribution < 1.29 is 9.32 Å². The summed E-state index contributed by atoms with van der Waals surface area (Å²) in [5.41, 5.74) is 0.920. The van der Waals surface area contributed by atoms with Crippen LogP contribution in [0.3, 0.4) is 0 Å². The zero-order chi connectivity index (χ0) is 14.1. The van der Waals surface area contributed by atoms with Gasteiger partial charge in [0.25, 0.3) is 0 Å². The van der Waals surface area contributed by atoms with Gasteiger partial charge in [0.2, 0.25) is 11.8 Å². The SMILES string of the molecule is CC(C)c1noc([C@@H]2CC(=O)N(c3ccccc3)C2)n1. The first-order valence-electron chi connectivity index (χ1n) is 6.84. The Kier molecular flexibility index (Phi) is 3.26. The molecule has 1 saturated heterocycles. The Hall–Kier alpha value is -2.17. The molecule has 104 valence electrons. The summed E-state index contributed by atoms with van der Waals surface area (Å²) < 4.78 is 5.30. The number of anilines is 1. The number of rotatable bonds is 3. The normalized spacial score (nSPS) is 19.1. The number of carbonyl (C=O) groups excluding carboxylic acids is 1. The molecule has 1 aromatic carbocycles. The van der Waals surface area contributed by atoms with Gasteiger partial charge < -0.3 is 9.42 Å². The molecule has 0 N–H and O–H groups in total. The number of hydrogen-bond acceptors (Lipinski definition) is 4. The first-order valence-corrected chi connectivity index (χ1v) is 6.84. The summed E-state index contributed by atoms with van der Waals surface area (Å²) in [6.07, 6.45) is 0.425. The molecular weight excluding hydrogens is 254 g/mol. The van der Waals surface area contributed by atoms with Gasteiger partial charge in [-0.2, -0.15) is 4.98 Å². The summed E-state index contributed by atoms with van der Waals surface area (Å²) in [5, 5.41) is 3.97. The van der Waals surface area contributed by atoms with E-state index in [9.17, 15) is 4.79 Å². The zero-order valence-electron chi connectivity index (χ0n) is 11.6. The maximum Gasteiger partial charge on any atom is 0.232 e. The lowest BCUT2D eigenvalue weighted by Gasteiger charge is -2.15. The van der Waals surface area contributed by atoms with Crippen molar-refractivity contribution in [1.82, 2.24) is 10.1 Å². The number of carbonyl (C=O) groups is 1. The lowest BCUT2D eigenvalue weighted by atomic mass is 10.1. The van der Waals surface area contributed by atoms with Gasteiger partial charge in [-0.1, -0.05) is 37.2 Å². The molecular formula is C15H17N3O2. The van der Waals surface area contributed by atoms with Crippen molar-refractivity contribution in [2.45, 2.75) is 32.1 Å². The third-order valence-corrected chi connectivity index (χ3v) is 3.52. The molecule has 2 aromatic rings. The second-order valence-corrected chi connectivity index (χ2v) is 5.39. The lowest BCUT2D eigenvalue weighted by molar-refractivity contribution is -0.117. The van der Waals surface area contributed by atoms with Crippen LogP contribution in [0, 0.1) is 0 Å². The summed E-state index contributed by atoms with van der Waals surface area (Å²) in [6.45, 7) is 4.64. The fourth-order valence-electron chi connectivity index (χ4n) is 2.38. The summed E-state index contributed by atoms with van der Waals surface area (Å²) >= 11 is 0. The predicted molar refractivity (Wildman–Crippen MR) is 74.5 cm³/mol. The third kappa shape index (κ3) is 2.31. The van der Waals surface area contributed by atoms with Crippen LogP contribution in [0.1, 0.15) is 43.8 Å². The van der Waals surface area contributed by atoms with Crippen molar-refractivity contribution >= 4 is 11.6 Å². The van der Waals surface area contributed by atoms with Gasteiger partial charge in [-0.25, -0.2) is 0 Å². The summed E-state index contributed by atoms with van der Waals surface area (Å²) in [7, 11) is 0. The van der Waals surface area contributed by atoms with E-state index < -0.39 is 0 Å². The van der Waals surface area contributed by atoms with E-state index in [1.807, 2.05) is 44.2 Å². The molecule has 0 spiro atoms. The van der Waals surface area contributed by atoms with Crippen LogP contribution in [-0.2, 0) is 4.79 Å². The Labute approximate surface area is 117 Å². The average molecular weight is 271 g/mol. The number of hydrogen-bond donors (Lipinski definition) is 0. The molecule has 0 saturated carbocycles. The van der Waals surface area contributed by atoms with Gasteiger partial charge in [0, 0.05) is 24.6 Å². The van der Waals surface area contributed by atoms with Crippen molar-refractivity contribution in [3.05, 3.63) is 42.0 Å². The average Bonchev–Trinajstić information content (AvgIpc) is 3.06. The van der Waals surface area contributed by atoms with E-state index in [1.54, 1.807) is 4.90 Å². The van der Waals surface area contributed by atoms with Crippen LogP contribution in [0.5, 0.6) is 0 Å². The smallest absolute Gasteiger partial charge is 0.232 e. The Bertz CT molecular complexity index is 607. The van der Waals surface area contributed by atoms with Crippen molar-refractivity contribution in [3.63, 3.8) is 0 Å². The van der Waals surface area contributed by atoms with Crippen LogP contribution in [0.25, 0.3) is 0 Å². The number of aromatic nitrogens is 2. The topological polar surface area (TPSA) is 59.2 Å². The summed E-state index contributed by atoms with van der Waals surface area (Å²) in [5.74, 6) is 1.59. The van der Waals surface area contributed by atoms with E-state index in [-0.39, 0.29) is 17.7 Å². The molecule has 5 nitrogen and oxygen atoms in total. The van der Waals surface area contributed by atoms with E-state index in [2.05, 4.69) is 10.1 Å². The molecule has 0 unspecified atom stereocenters. The molecule has 5 heteroatoms. The molecule has 1 fully saturated rings. The first kappa shape index (κ1) is 12.8. The number of para-hydroxylation sites is 1. The largest absolute Gasteiger partial charge is 0.339 e. The minimum atomic E-state index is -0.0114. The van der Waals surface area contributed by atoms with Crippen LogP contribution in [0.15, 0.2) is 34.9 Å². The molecule has 2 heterocycles. The molecule has 20 heavy (non-hydrogen) atoms. The molecule has 1 aromatic heterocycles. The second kappa shape index (κ2) is 5.07. The third-order valence-electron chi connectivity index (χ3n) is 3.52. The van der Waals surface area contributed by atoms with Crippen LogP contribution < -0.4 is 4.90 Å². The van der Waals surface area contributed by atoms with Gasteiger partial charge in [-0.15, -0.1) is 0 Å². The summed E-state index contributed by atoms with van der Waals surface area (Å²) in [6, 6.07) is 9.68. The van der Waals surface area contributed by atoms with Crippen LogP contribution >= 0.6 is 0 Å². The molecule has 3 rings (SSSR count). The highest BCUT2D eigenvalue weighted by molar-refractivity contribution is 5.96. The van der Waals surface area contributed by atoms with Crippen molar-refractivity contribution in [3.8, 4) is 0 Å². The lowest BCUT2D eigenvalue weighted by Crippen LogP contribution is -2.24. The quantitative estimate of drug-likeness (QED) is 0.861. The molecule has 0 radical (unpaired) electrons. The van der Waals surface area contributed by atoms with Crippen LogP contribution in [0.2, 0.25) is 0 Å². The Morgan fingerprint density at radius 2 is 2.05 bits per heavy atom. The Morgan fingerprint density at radius 3 is 2.70 bits per heavy atom. The van der Waals surface area contributed by atoms with Crippen molar-refractivity contribution in [1.29, 1.82) is 0 Å². The predicted octanol–water partition coefficient (Wildman–Crippen LogP) is 2.71. The monoisotopic (exact) mass is 271 g/mol. The van der Waals surface area contributed by atoms with Gasteiger partial charge in [0.15, 0.2) is 5.82 Å². The fraction of sp³-hybridized carbons (Fsp3) is 0.400. The molecule has 1 aliphatic rings. The van der Waals surface area contributed by atoms with E-state index in [4.69, 9.17) is 4.52 Å². The summed E-state index contributed by atoms with van der Waals surface area (Å²) in [4.78, 5) is 18.3. The van der Waals surface area contributed by atoms with E-state index in [1.165, 1.54) is 0 Å². The second-order valence-electron chi connectivity index (χ2n) is 5.39. The van der Waals surface area contributed by atoms with Crippen LogP contribution in [0.4, 0.5) is 5.69 Å². The highest BCUT2D eigenvalue weighted by atomic mass is 16.5. The van der Waals surface area contributed by atoms with E-state index >= 15 is 0 Å². The number of nitrogens with zero attached hydrogens (tertiary/aromatic N) is 3. The Balaban J connectivity index is 1.79. The van der Waals surface area contributed by atoms with Gasteiger partial charge in [-0.3, -0.25) is 4.79 Å². The van der Waals surface area contributed by atoms with Gasteiger partial charge >= 0.3 is 0 Å². The minimum absolute atomic E-state index is 0.0114. The zero-order valence-corrected chi connectivity index (χ0v) is 11.6. The van der Waals surface area contributed by atoms with E-state index in [0.717, 1.165) is 5.69 Å². The highest BCUT2D eigenvalue weighted by Crippen LogP contribution is 2.31. The molecule has 1 atom stereocenters. The highest BCUT2D eigenvalue weighted by Gasteiger charge is 2.35. The van der Waals surface area contributed by atoms with Gasteiger partial charge in [0.05, 0.1) is 5.92 Å². The maximum atomic E-state index is 12.1. The molecule has 0 bridgehead atoms. The molecule has 0 aliphatic carbocycles. The van der Waals surface area contributed by atoms with Gasteiger partial charge in [0.1, 0.15) is 0 Å². The van der Waals surface area contributed by atoms with E-state index in [0.29, 0.717) is 24.7 Å². The van der Waals surface area contributed by atoms with Gasteiger partial charge in [-0.05, 0) is 12.1 Å². The molecule has 1 amide bonds.